The fourth-order valence-electron chi connectivity index (χ4n) is 2.21. The fourth-order valence-corrected chi connectivity index (χ4v) is 2.83. The highest BCUT2D eigenvalue weighted by Crippen LogP contribution is 2.26. The number of carbonyl (C=O) groups is 1. The van der Waals surface area contributed by atoms with E-state index in [9.17, 15) is 4.79 Å². The minimum Gasteiger partial charge on any atom is -0.328 e. The zero-order chi connectivity index (χ0) is 11.5. The second-order valence-corrected chi connectivity index (χ2v) is 5.30. The Morgan fingerprint density at radius 2 is 2.12 bits per heavy atom. The SMILES string of the molecule is NC1CCC(C(N)C(=O)c2nccs2)CC1. The van der Waals surface area contributed by atoms with E-state index in [0.29, 0.717) is 11.0 Å². The van der Waals surface area contributed by atoms with Crippen molar-refractivity contribution < 1.29 is 4.79 Å². The number of ketones is 1. The van der Waals surface area contributed by atoms with Crippen LogP contribution in [-0.2, 0) is 0 Å². The van der Waals surface area contributed by atoms with E-state index < -0.39 is 6.04 Å². The average molecular weight is 239 g/mol. The van der Waals surface area contributed by atoms with Crippen LogP contribution in [0.3, 0.4) is 0 Å². The van der Waals surface area contributed by atoms with Crippen LogP contribution in [0.4, 0.5) is 0 Å². The van der Waals surface area contributed by atoms with Crippen LogP contribution in [0, 0.1) is 5.92 Å². The maximum atomic E-state index is 12.0. The number of nitrogens with zero attached hydrogens (tertiary/aromatic N) is 1. The molecule has 16 heavy (non-hydrogen) atoms. The normalized spacial score (nSPS) is 27.6. The smallest absolute Gasteiger partial charge is 0.208 e. The number of carbonyl (C=O) groups excluding carboxylic acids is 1. The third kappa shape index (κ3) is 2.48. The average Bonchev–Trinajstić information content (AvgIpc) is 2.81. The van der Waals surface area contributed by atoms with E-state index in [1.165, 1.54) is 11.3 Å². The topological polar surface area (TPSA) is 82.0 Å². The van der Waals surface area contributed by atoms with Gasteiger partial charge in [-0.1, -0.05) is 0 Å². The van der Waals surface area contributed by atoms with Crippen LogP contribution in [0.25, 0.3) is 0 Å². The third-order valence-corrected chi connectivity index (χ3v) is 4.06. The monoisotopic (exact) mass is 239 g/mol. The molecular weight excluding hydrogens is 222 g/mol. The molecule has 1 fully saturated rings. The van der Waals surface area contributed by atoms with E-state index in [2.05, 4.69) is 4.98 Å². The molecule has 1 unspecified atom stereocenters. The molecule has 1 atom stereocenters. The predicted molar refractivity (Wildman–Crippen MR) is 64.4 cm³/mol. The Balaban J connectivity index is 1.97. The molecule has 0 bridgehead atoms. The van der Waals surface area contributed by atoms with Crippen LogP contribution in [0.2, 0.25) is 0 Å². The van der Waals surface area contributed by atoms with Crippen molar-refractivity contribution in [2.75, 3.05) is 0 Å². The lowest BCUT2D eigenvalue weighted by atomic mass is 9.81. The van der Waals surface area contributed by atoms with Crippen LogP contribution in [0.15, 0.2) is 11.6 Å². The second-order valence-electron chi connectivity index (χ2n) is 4.40. The Morgan fingerprint density at radius 3 is 2.69 bits per heavy atom. The molecule has 1 aromatic heterocycles. The van der Waals surface area contributed by atoms with Gasteiger partial charge in [0.1, 0.15) is 0 Å². The van der Waals surface area contributed by atoms with Crippen LogP contribution in [-0.4, -0.2) is 22.9 Å². The van der Waals surface area contributed by atoms with Crippen molar-refractivity contribution in [1.29, 1.82) is 0 Å². The van der Waals surface area contributed by atoms with E-state index in [0.717, 1.165) is 25.7 Å². The molecule has 0 amide bonds. The number of Topliss-reactive ketones (excluding diaryl/α,β-unsaturated/α-hetero) is 1. The lowest BCUT2D eigenvalue weighted by Gasteiger charge is -2.29. The van der Waals surface area contributed by atoms with Gasteiger partial charge in [-0.2, -0.15) is 0 Å². The van der Waals surface area contributed by atoms with Crippen molar-refractivity contribution in [3.05, 3.63) is 16.6 Å². The third-order valence-electron chi connectivity index (χ3n) is 3.27. The first-order chi connectivity index (χ1) is 7.68. The minimum absolute atomic E-state index is 0.0181. The Morgan fingerprint density at radius 1 is 1.44 bits per heavy atom. The maximum absolute atomic E-state index is 12.0. The molecule has 88 valence electrons. The number of aromatic nitrogens is 1. The minimum atomic E-state index is -0.404. The van der Waals surface area contributed by atoms with Gasteiger partial charge in [0.2, 0.25) is 5.78 Å². The van der Waals surface area contributed by atoms with Gasteiger partial charge in [0.15, 0.2) is 5.01 Å². The molecule has 0 aromatic carbocycles. The standard InChI is InChI=1S/C11H17N3OS/c12-8-3-1-7(2-4-8)9(13)10(15)11-14-5-6-16-11/h5-9H,1-4,12-13H2. The van der Waals surface area contributed by atoms with Crippen LogP contribution < -0.4 is 11.5 Å². The molecule has 1 heterocycles. The highest BCUT2D eigenvalue weighted by molar-refractivity contribution is 7.11. The van der Waals surface area contributed by atoms with Crippen molar-refractivity contribution in [3.8, 4) is 0 Å². The van der Waals surface area contributed by atoms with E-state index in [-0.39, 0.29) is 11.7 Å². The number of nitrogens with two attached hydrogens (primary N) is 2. The lowest BCUT2D eigenvalue weighted by molar-refractivity contribution is 0.0913. The highest BCUT2D eigenvalue weighted by Gasteiger charge is 2.29. The molecule has 2 rings (SSSR count). The first-order valence-corrected chi connectivity index (χ1v) is 6.51. The van der Waals surface area contributed by atoms with Crippen molar-refractivity contribution in [1.82, 2.24) is 4.98 Å². The van der Waals surface area contributed by atoms with E-state index in [1.54, 1.807) is 11.6 Å². The number of thiazole rings is 1. The molecular formula is C11H17N3OS. The molecule has 4 nitrogen and oxygen atoms in total. The Bertz CT molecular complexity index is 344. The molecule has 0 radical (unpaired) electrons. The molecule has 1 aliphatic carbocycles. The molecule has 4 N–H and O–H groups in total. The lowest BCUT2D eigenvalue weighted by Crippen LogP contribution is -2.41. The molecule has 0 aliphatic heterocycles. The summed E-state index contributed by atoms with van der Waals surface area (Å²) >= 11 is 1.36. The van der Waals surface area contributed by atoms with Gasteiger partial charge in [-0.05, 0) is 31.6 Å². The van der Waals surface area contributed by atoms with Crippen LogP contribution in [0.5, 0.6) is 0 Å². The summed E-state index contributed by atoms with van der Waals surface area (Å²) in [5.74, 6) is 0.256. The second kappa shape index (κ2) is 5.03. The van der Waals surface area contributed by atoms with Crippen LogP contribution >= 0.6 is 11.3 Å². The number of hydrogen-bond acceptors (Lipinski definition) is 5. The van der Waals surface area contributed by atoms with Gasteiger partial charge in [-0.25, -0.2) is 4.98 Å². The van der Waals surface area contributed by atoms with Gasteiger partial charge in [0.05, 0.1) is 6.04 Å². The molecule has 1 aliphatic rings. The van der Waals surface area contributed by atoms with Crippen molar-refractivity contribution in [3.63, 3.8) is 0 Å². The largest absolute Gasteiger partial charge is 0.328 e. The van der Waals surface area contributed by atoms with E-state index in [1.807, 2.05) is 0 Å². The van der Waals surface area contributed by atoms with Crippen molar-refractivity contribution in [2.45, 2.75) is 37.8 Å². The summed E-state index contributed by atoms with van der Waals surface area (Å²) in [5.41, 5.74) is 11.8. The van der Waals surface area contributed by atoms with Gasteiger partial charge in [0, 0.05) is 17.6 Å². The summed E-state index contributed by atoms with van der Waals surface area (Å²) < 4.78 is 0. The molecule has 1 saturated carbocycles. The zero-order valence-electron chi connectivity index (χ0n) is 9.13. The van der Waals surface area contributed by atoms with E-state index >= 15 is 0 Å². The number of rotatable bonds is 3. The summed E-state index contributed by atoms with van der Waals surface area (Å²) in [6.07, 6.45) is 5.51. The van der Waals surface area contributed by atoms with Gasteiger partial charge < -0.3 is 11.5 Å². The summed E-state index contributed by atoms with van der Waals surface area (Å²) in [4.78, 5) is 16.0. The van der Waals surface area contributed by atoms with Crippen LogP contribution in [0.1, 0.15) is 35.5 Å². The molecule has 1 aromatic rings. The Labute approximate surface area is 99.0 Å². The molecule has 0 saturated heterocycles. The zero-order valence-corrected chi connectivity index (χ0v) is 9.95. The summed E-state index contributed by atoms with van der Waals surface area (Å²) in [6, 6.07) is -0.114. The summed E-state index contributed by atoms with van der Waals surface area (Å²) in [6.45, 7) is 0. The molecule has 5 heteroatoms. The quantitative estimate of drug-likeness (QED) is 0.776. The van der Waals surface area contributed by atoms with E-state index in [4.69, 9.17) is 11.5 Å². The van der Waals surface area contributed by atoms with Gasteiger partial charge >= 0.3 is 0 Å². The van der Waals surface area contributed by atoms with Crippen molar-refractivity contribution in [2.24, 2.45) is 17.4 Å². The maximum Gasteiger partial charge on any atom is 0.208 e. The molecule has 0 spiro atoms. The van der Waals surface area contributed by atoms with Gasteiger partial charge in [-0.15, -0.1) is 11.3 Å². The van der Waals surface area contributed by atoms with Gasteiger partial charge in [-0.3, -0.25) is 4.79 Å². The summed E-state index contributed by atoms with van der Waals surface area (Å²) in [5, 5.41) is 2.33. The highest BCUT2D eigenvalue weighted by atomic mass is 32.1. The summed E-state index contributed by atoms with van der Waals surface area (Å²) in [7, 11) is 0. The Hall–Kier alpha value is -0.780. The first-order valence-electron chi connectivity index (χ1n) is 5.63. The first kappa shape index (κ1) is 11.7. The Kier molecular flexibility index (Phi) is 3.68. The van der Waals surface area contributed by atoms with Gasteiger partial charge in [0.25, 0.3) is 0 Å². The number of hydrogen-bond donors (Lipinski definition) is 2. The predicted octanol–water partition coefficient (Wildman–Crippen LogP) is 1.17. The van der Waals surface area contributed by atoms with Crippen molar-refractivity contribution >= 4 is 17.1 Å². The fraction of sp³-hybridized carbons (Fsp3) is 0.636.